The lowest BCUT2D eigenvalue weighted by molar-refractivity contribution is -0.130. The Labute approximate surface area is 204 Å². The van der Waals surface area contributed by atoms with Gasteiger partial charge in [0.1, 0.15) is 0 Å². The molecule has 5 rings (SSSR count). The summed E-state index contributed by atoms with van der Waals surface area (Å²) in [5.74, 6) is 0.282. The van der Waals surface area contributed by atoms with Crippen molar-refractivity contribution in [3.63, 3.8) is 0 Å². The molecule has 0 aromatic heterocycles. The van der Waals surface area contributed by atoms with Crippen LogP contribution in [0.2, 0.25) is 0 Å². The standard InChI is InChI=1S/C26H25N5O2.ClH/c1-18-6-4-9-20(16-18)28-26(27)31-14-12-30(13-15-31)17-23-25(32)33-24(29-23)22-11-5-8-19-7-2-3-10-21(19)22;/h2-11,16-17H,12-15H2,1H3,(H2,27,28);1H/b23-17+;. The average Bonchev–Trinajstić information content (AvgIpc) is 3.19. The zero-order chi connectivity index (χ0) is 22.8. The van der Waals surface area contributed by atoms with Gasteiger partial charge in [-0.25, -0.2) is 9.79 Å². The predicted molar refractivity (Wildman–Crippen MR) is 138 cm³/mol. The number of cyclic esters (lactones) is 1. The van der Waals surface area contributed by atoms with E-state index < -0.39 is 5.97 Å². The molecular formula is C26H26ClN5O2. The van der Waals surface area contributed by atoms with E-state index in [0.29, 0.717) is 43.7 Å². The number of nitrogens with one attached hydrogen (secondary N) is 2. The van der Waals surface area contributed by atoms with Crippen molar-refractivity contribution < 1.29 is 9.53 Å². The van der Waals surface area contributed by atoms with E-state index in [1.54, 1.807) is 6.20 Å². The predicted octanol–water partition coefficient (Wildman–Crippen LogP) is 4.38. The van der Waals surface area contributed by atoms with Crippen LogP contribution in [0.1, 0.15) is 11.1 Å². The highest BCUT2D eigenvalue weighted by Crippen LogP contribution is 2.24. The number of benzene rings is 3. The van der Waals surface area contributed by atoms with E-state index in [2.05, 4.69) is 15.2 Å². The Balaban J connectivity index is 0.00000274. The Bertz CT molecular complexity index is 1290. The lowest BCUT2D eigenvalue weighted by Gasteiger charge is -2.35. The van der Waals surface area contributed by atoms with Gasteiger partial charge in [-0.1, -0.05) is 48.5 Å². The quantitative estimate of drug-likeness (QED) is 0.254. The number of guanidine groups is 1. The molecule has 0 atom stereocenters. The zero-order valence-corrected chi connectivity index (χ0v) is 19.6. The topological polar surface area (TPSA) is 81.0 Å². The van der Waals surface area contributed by atoms with Gasteiger partial charge in [-0.3, -0.25) is 5.41 Å². The Morgan fingerprint density at radius 2 is 1.76 bits per heavy atom. The Hall–Kier alpha value is -3.84. The van der Waals surface area contributed by atoms with Crippen molar-refractivity contribution in [2.45, 2.75) is 6.92 Å². The van der Waals surface area contributed by atoms with Crippen molar-refractivity contribution in [1.29, 1.82) is 5.41 Å². The molecule has 0 aliphatic carbocycles. The fraction of sp³-hybridized carbons (Fsp3) is 0.192. The summed E-state index contributed by atoms with van der Waals surface area (Å²) in [4.78, 5) is 21.0. The average molecular weight is 476 g/mol. The molecule has 1 saturated heterocycles. The molecule has 0 radical (unpaired) electrons. The molecular weight excluding hydrogens is 450 g/mol. The summed E-state index contributed by atoms with van der Waals surface area (Å²) in [5.41, 5.74) is 3.18. The van der Waals surface area contributed by atoms with Crippen molar-refractivity contribution in [3.05, 3.63) is 89.8 Å². The van der Waals surface area contributed by atoms with Crippen LogP contribution in [0.15, 0.2) is 83.6 Å². The molecule has 34 heavy (non-hydrogen) atoms. The van der Waals surface area contributed by atoms with E-state index in [1.807, 2.05) is 78.6 Å². The number of carbonyl (C=O) groups is 1. The minimum Gasteiger partial charge on any atom is -0.402 e. The number of rotatable bonds is 3. The number of hydrogen-bond acceptors (Lipinski definition) is 5. The number of nitrogens with zero attached hydrogens (tertiary/aromatic N) is 3. The number of aryl methyl sites for hydroxylation is 1. The van der Waals surface area contributed by atoms with Crippen LogP contribution in [-0.2, 0) is 9.53 Å². The van der Waals surface area contributed by atoms with E-state index in [1.165, 1.54) is 0 Å². The third kappa shape index (κ3) is 4.89. The molecule has 7 nitrogen and oxygen atoms in total. The van der Waals surface area contributed by atoms with Crippen LogP contribution in [0.4, 0.5) is 5.69 Å². The summed E-state index contributed by atoms with van der Waals surface area (Å²) in [6, 6.07) is 21.8. The van der Waals surface area contributed by atoms with Crippen LogP contribution >= 0.6 is 12.4 Å². The summed E-state index contributed by atoms with van der Waals surface area (Å²) in [7, 11) is 0. The number of esters is 1. The van der Waals surface area contributed by atoms with Gasteiger partial charge in [0.25, 0.3) is 0 Å². The van der Waals surface area contributed by atoms with Crippen molar-refractivity contribution in [2.75, 3.05) is 31.5 Å². The van der Waals surface area contributed by atoms with Crippen molar-refractivity contribution >= 4 is 46.7 Å². The Kier molecular flexibility index (Phi) is 6.84. The largest absolute Gasteiger partial charge is 0.402 e. The first-order valence-electron chi connectivity index (χ1n) is 11.0. The van der Waals surface area contributed by atoms with Gasteiger partial charge < -0.3 is 19.9 Å². The molecule has 0 spiro atoms. The summed E-state index contributed by atoms with van der Waals surface area (Å²) in [5, 5.41) is 13.6. The lowest BCUT2D eigenvalue weighted by Crippen LogP contribution is -2.48. The number of fused-ring (bicyclic) bond motifs is 1. The first-order chi connectivity index (χ1) is 16.1. The fourth-order valence-corrected chi connectivity index (χ4v) is 4.11. The molecule has 3 aromatic carbocycles. The second-order valence-electron chi connectivity index (χ2n) is 8.21. The summed E-state index contributed by atoms with van der Waals surface area (Å²) < 4.78 is 5.51. The van der Waals surface area contributed by atoms with Gasteiger partial charge in [-0.2, -0.15) is 0 Å². The summed E-state index contributed by atoms with van der Waals surface area (Å²) in [6.45, 7) is 4.76. The second kappa shape index (κ2) is 9.97. The highest BCUT2D eigenvalue weighted by molar-refractivity contribution is 6.16. The molecule has 2 N–H and O–H groups in total. The number of carbonyl (C=O) groups excluding carboxylic acids is 1. The van der Waals surface area contributed by atoms with Crippen molar-refractivity contribution in [1.82, 2.24) is 9.80 Å². The summed E-state index contributed by atoms with van der Waals surface area (Å²) in [6.07, 6.45) is 1.77. The second-order valence-corrected chi connectivity index (χ2v) is 8.21. The minimum atomic E-state index is -0.436. The van der Waals surface area contributed by atoms with Gasteiger partial charge >= 0.3 is 5.97 Å². The number of anilines is 1. The highest BCUT2D eigenvalue weighted by Gasteiger charge is 2.27. The molecule has 0 bridgehead atoms. The maximum absolute atomic E-state index is 12.5. The van der Waals surface area contributed by atoms with E-state index in [9.17, 15) is 4.79 Å². The number of piperazine rings is 1. The Morgan fingerprint density at radius 3 is 2.56 bits per heavy atom. The molecule has 3 aromatic rings. The van der Waals surface area contributed by atoms with Gasteiger partial charge in [-0.05, 0) is 41.5 Å². The number of aliphatic imine (C=N–C) groups is 1. The third-order valence-electron chi connectivity index (χ3n) is 5.86. The van der Waals surface area contributed by atoms with Gasteiger partial charge in [-0.15, -0.1) is 12.4 Å². The number of hydrogen-bond donors (Lipinski definition) is 2. The van der Waals surface area contributed by atoms with Crippen molar-refractivity contribution in [3.8, 4) is 0 Å². The third-order valence-corrected chi connectivity index (χ3v) is 5.86. The van der Waals surface area contributed by atoms with Crippen molar-refractivity contribution in [2.24, 2.45) is 4.99 Å². The molecule has 2 heterocycles. The van der Waals surface area contributed by atoms with Crippen LogP contribution in [0, 0.1) is 12.3 Å². The van der Waals surface area contributed by atoms with Crippen LogP contribution in [0.3, 0.4) is 0 Å². The normalized spacial score (nSPS) is 16.8. The van der Waals surface area contributed by atoms with Gasteiger partial charge in [0.05, 0.1) is 0 Å². The molecule has 2 aliphatic heterocycles. The molecule has 0 unspecified atom stereocenters. The van der Waals surface area contributed by atoms with Crippen LogP contribution < -0.4 is 5.32 Å². The van der Waals surface area contributed by atoms with E-state index in [4.69, 9.17) is 10.1 Å². The maximum Gasteiger partial charge on any atom is 0.365 e. The highest BCUT2D eigenvalue weighted by atomic mass is 35.5. The minimum absolute atomic E-state index is 0. The fourth-order valence-electron chi connectivity index (χ4n) is 4.11. The molecule has 8 heteroatoms. The SMILES string of the molecule is Cc1cccc(NC(=N)N2CCN(/C=C3/N=C(c4cccc5ccccc45)OC3=O)CC2)c1.Cl. The molecule has 2 aliphatic rings. The first-order valence-corrected chi connectivity index (χ1v) is 11.0. The van der Waals surface area contributed by atoms with Gasteiger partial charge in [0, 0.05) is 43.6 Å². The van der Waals surface area contributed by atoms with E-state index in [-0.39, 0.29) is 12.4 Å². The van der Waals surface area contributed by atoms with E-state index >= 15 is 0 Å². The van der Waals surface area contributed by atoms with Crippen LogP contribution in [-0.4, -0.2) is 53.8 Å². The maximum atomic E-state index is 12.5. The molecule has 1 fully saturated rings. The Morgan fingerprint density at radius 1 is 1.03 bits per heavy atom. The zero-order valence-electron chi connectivity index (χ0n) is 18.8. The van der Waals surface area contributed by atoms with E-state index in [0.717, 1.165) is 27.6 Å². The molecule has 174 valence electrons. The first kappa shape index (κ1) is 23.3. The smallest absolute Gasteiger partial charge is 0.365 e. The number of halogens is 1. The number of ether oxygens (including phenoxy) is 1. The van der Waals surface area contributed by atoms with Gasteiger partial charge in [0.2, 0.25) is 5.90 Å². The van der Waals surface area contributed by atoms with Gasteiger partial charge in [0.15, 0.2) is 11.7 Å². The molecule has 0 amide bonds. The lowest BCUT2D eigenvalue weighted by atomic mass is 10.0. The monoisotopic (exact) mass is 475 g/mol. The molecule has 0 saturated carbocycles. The summed E-state index contributed by atoms with van der Waals surface area (Å²) >= 11 is 0. The van der Waals surface area contributed by atoms with Crippen LogP contribution in [0.25, 0.3) is 10.8 Å². The van der Waals surface area contributed by atoms with Crippen LogP contribution in [0.5, 0.6) is 0 Å².